The molecule has 1 heterocycles. The average molecular weight is 298 g/mol. The molecule has 0 saturated carbocycles. The molecule has 2 amide bonds. The predicted molar refractivity (Wildman–Crippen MR) is 80.0 cm³/mol. The van der Waals surface area contributed by atoms with Crippen LogP contribution in [-0.4, -0.2) is 34.1 Å². The summed E-state index contributed by atoms with van der Waals surface area (Å²) >= 11 is 1.66. The average Bonchev–Trinajstić information content (AvgIpc) is 2.84. The second kappa shape index (κ2) is 6.74. The van der Waals surface area contributed by atoms with Crippen molar-refractivity contribution in [2.45, 2.75) is 46.2 Å². The van der Waals surface area contributed by atoms with E-state index >= 15 is 0 Å². The highest BCUT2D eigenvalue weighted by Gasteiger charge is 2.36. The lowest BCUT2D eigenvalue weighted by Gasteiger charge is -2.34. The second-order valence-corrected chi connectivity index (χ2v) is 6.24. The molecule has 0 atom stereocenters. The number of hydrogen-bond acceptors (Lipinski definition) is 3. The third-order valence-corrected chi connectivity index (χ3v) is 4.47. The Kier molecular flexibility index (Phi) is 5.56. The second-order valence-electron chi connectivity index (χ2n) is 4.99. The number of carbonyl (C=O) groups excluding carboxylic acids is 1. The Balaban J connectivity index is 2.66. The van der Waals surface area contributed by atoms with Crippen molar-refractivity contribution in [1.29, 1.82) is 0 Å². The molecule has 0 aliphatic carbocycles. The van der Waals surface area contributed by atoms with Gasteiger partial charge < -0.3 is 15.3 Å². The fraction of sp³-hybridized carbons (Fsp3) is 0.571. The number of likely N-dealkylation sites (N-methyl/N-ethyl adjacent to an activating group) is 1. The van der Waals surface area contributed by atoms with Crippen LogP contribution in [0.4, 0.5) is 4.79 Å². The summed E-state index contributed by atoms with van der Waals surface area (Å²) in [5.74, 6) is -1.01. The molecular weight excluding hydrogens is 276 g/mol. The molecule has 0 bridgehead atoms. The van der Waals surface area contributed by atoms with Gasteiger partial charge in [0.05, 0.1) is 6.54 Å². The van der Waals surface area contributed by atoms with Crippen molar-refractivity contribution in [2.75, 3.05) is 6.54 Å². The van der Waals surface area contributed by atoms with E-state index in [9.17, 15) is 14.7 Å². The number of nitrogens with zero attached hydrogens (tertiary/aromatic N) is 1. The fourth-order valence-corrected chi connectivity index (χ4v) is 2.77. The molecule has 5 nitrogen and oxygen atoms in total. The summed E-state index contributed by atoms with van der Waals surface area (Å²) in [5, 5.41) is 12.0. The molecule has 0 aliphatic rings. The molecule has 2 N–H and O–H groups in total. The summed E-state index contributed by atoms with van der Waals surface area (Å²) < 4.78 is 0. The van der Waals surface area contributed by atoms with Crippen molar-refractivity contribution < 1.29 is 14.7 Å². The van der Waals surface area contributed by atoms with Gasteiger partial charge >= 0.3 is 12.0 Å². The van der Waals surface area contributed by atoms with Crippen LogP contribution in [0.3, 0.4) is 0 Å². The number of nitrogens with one attached hydrogen (secondary N) is 1. The molecule has 0 aliphatic heterocycles. The molecule has 1 rings (SSSR count). The Hall–Kier alpha value is -1.56. The number of carboxylic acid groups (broad SMARTS) is 1. The predicted octanol–water partition coefficient (Wildman–Crippen LogP) is 2.71. The Bertz CT molecular complexity index is 483. The van der Waals surface area contributed by atoms with E-state index < -0.39 is 11.5 Å². The van der Waals surface area contributed by atoms with Gasteiger partial charge in [0, 0.05) is 16.3 Å². The topological polar surface area (TPSA) is 69.6 Å². The number of rotatable bonds is 6. The maximum absolute atomic E-state index is 12.1. The lowest BCUT2D eigenvalue weighted by molar-refractivity contribution is -0.147. The van der Waals surface area contributed by atoms with E-state index in [1.807, 2.05) is 12.1 Å². The van der Waals surface area contributed by atoms with Crippen molar-refractivity contribution in [3.05, 3.63) is 21.9 Å². The van der Waals surface area contributed by atoms with E-state index in [-0.39, 0.29) is 6.03 Å². The zero-order chi connectivity index (χ0) is 15.3. The molecule has 0 spiro atoms. The Morgan fingerprint density at radius 2 is 1.90 bits per heavy atom. The summed E-state index contributed by atoms with van der Waals surface area (Å²) in [6.07, 6.45) is 0.978. The number of amides is 2. The SMILES string of the molecule is CCc1ccc(CNC(=O)N(CC)C(C)(C)C(=O)O)s1. The van der Waals surface area contributed by atoms with Crippen molar-refractivity contribution in [3.8, 4) is 0 Å². The van der Waals surface area contributed by atoms with Gasteiger partial charge in [-0.15, -0.1) is 11.3 Å². The Labute approximate surface area is 123 Å². The molecule has 0 unspecified atom stereocenters. The highest BCUT2D eigenvalue weighted by molar-refractivity contribution is 7.11. The fourth-order valence-electron chi connectivity index (χ4n) is 1.87. The number of urea groups is 1. The van der Waals surface area contributed by atoms with Crippen molar-refractivity contribution in [2.24, 2.45) is 0 Å². The van der Waals surface area contributed by atoms with E-state index in [1.165, 1.54) is 23.6 Å². The lowest BCUT2D eigenvalue weighted by Crippen LogP contribution is -2.55. The van der Waals surface area contributed by atoms with Crippen LogP contribution in [0.25, 0.3) is 0 Å². The Morgan fingerprint density at radius 3 is 2.35 bits per heavy atom. The zero-order valence-corrected chi connectivity index (χ0v) is 13.2. The van der Waals surface area contributed by atoms with Gasteiger partial charge in [-0.1, -0.05) is 6.92 Å². The maximum atomic E-state index is 12.1. The summed E-state index contributed by atoms with van der Waals surface area (Å²) in [5.41, 5.74) is -1.22. The minimum absolute atomic E-state index is 0.343. The van der Waals surface area contributed by atoms with E-state index in [1.54, 1.807) is 18.3 Å². The minimum atomic E-state index is -1.22. The quantitative estimate of drug-likeness (QED) is 0.848. The van der Waals surface area contributed by atoms with E-state index in [4.69, 9.17) is 0 Å². The number of aliphatic carboxylic acids is 1. The summed E-state index contributed by atoms with van der Waals surface area (Å²) in [6.45, 7) is 7.68. The van der Waals surface area contributed by atoms with Crippen LogP contribution in [0.2, 0.25) is 0 Å². The maximum Gasteiger partial charge on any atom is 0.329 e. The molecule has 112 valence electrons. The van der Waals surface area contributed by atoms with Gasteiger partial charge in [-0.2, -0.15) is 0 Å². The smallest absolute Gasteiger partial charge is 0.329 e. The van der Waals surface area contributed by atoms with E-state index in [2.05, 4.69) is 12.2 Å². The van der Waals surface area contributed by atoms with Crippen molar-refractivity contribution in [1.82, 2.24) is 10.2 Å². The number of hydrogen-bond donors (Lipinski definition) is 2. The van der Waals surface area contributed by atoms with Gasteiger partial charge in [0.15, 0.2) is 0 Å². The summed E-state index contributed by atoms with van der Waals surface area (Å²) in [6, 6.07) is 3.68. The van der Waals surface area contributed by atoms with E-state index in [0.29, 0.717) is 13.1 Å². The summed E-state index contributed by atoms with van der Waals surface area (Å²) in [7, 11) is 0. The molecule has 1 aromatic rings. The van der Waals surface area contributed by atoms with Gasteiger partial charge in [-0.3, -0.25) is 0 Å². The third-order valence-electron chi connectivity index (χ3n) is 3.24. The largest absolute Gasteiger partial charge is 0.480 e. The Morgan fingerprint density at radius 1 is 1.30 bits per heavy atom. The first-order valence-corrected chi connectivity index (χ1v) is 7.51. The normalized spacial score (nSPS) is 11.2. The van der Waals surface area contributed by atoms with Crippen LogP contribution >= 0.6 is 11.3 Å². The van der Waals surface area contributed by atoms with Crippen LogP contribution in [0.5, 0.6) is 0 Å². The first-order chi connectivity index (χ1) is 9.32. The molecule has 0 aromatic carbocycles. The number of aryl methyl sites for hydroxylation is 1. The van der Waals surface area contributed by atoms with Crippen LogP contribution in [-0.2, 0) is 17.8 Å². The van der Waals surface area contributed by atoms with Gasteiger partial charge in [-0.25, -0.2) is 9.59 Å². The first-order valence-electron chi connectivity index (χ1n) is 6.69. The molecule has 1 aromatic heterocycles. The highest BCUT2D eigenvalue weighted by Crippen LogP contribution is 2.18. The summed E-state index contributed by atoms with van der Waals surface area (Å²) in [4.78, 5) is 27.0. The van der Waals surface area contributed by atoms with Gasteiger partial charge in [0.2, 0.25) is 0 Å². The monoisotopic (exact) mass is 298 g/mol. The molecule has 0 fully saturated rings. The van der Waals surface area contributed by atoms with Crippen LogP contribution in [0.1, 0.15) is 37.4 Å². The van der Waals surface area contributed by atoms with Crippen LogP contribution < -0.4 is 5.32 Å². The number of carbonyl (C=O) groups is 2. The zero-order valence-electron chi connectivity index (χ0n) is 12.4. The first kappa shape index (κ1) is 16.5. The molecule has 6 heteroatoms. The van der Waals surface area contributed by atoms with Crippen LogP contribution in [0.15, 0.2) is 12.1 Å². The van der Waals surface area contributed by atoms with Gasteiger partial charge in [0.25, 0.3) is 0 Å². The molecule has 0 radical (unpaired) electrons. The third kappa shape index (κ3) is 3.72. The molecule has 0 saturated heterocycles. The standard InChI is InChI=1S/C14H22N2O3S/c1-5-10-7-8-11(20-10)9-15-13(19)16(6-2)14(3,4)12(17)18/h7-8H,5-6,9H2,1-4H3,(H,15,19)(H,17,18). The van der Waals surface area contributed by atoms with Crippen molar-refractivity contribution >= 4 is 23.3 Å². The number of carboxylic acids is 1. The molecular formula is C14H22N2O3S. The van der Waals surface area contributed by atoms with Gasteiger partial charge in [0.1, 0.15) is 5.54 Å². The molecule has 20 heavy (non-hydrogen) atoms. The van der Waals surface area contributed by atoms with Crippen molar-refractivity contribution in [3.63, 3.8) is 0 Å². The minimum Gasteiger partial charge on any atom is -0.480 e. The van der Waals surface area contributed by atoms with E-state index in [0.717, 1.165) is 11.3 Å². The lowest BCUT2D eigenvalue weighted by atomic mass is 10.0. The van der Waals surface area contributed by atoms with Crippen LogP contribution in [0, 0.1) is 0 Å². The number of thiophene rings is 1. The highest BCUT2D eigenvalue weighted by atomic mass is 32.1. The van der Waals surface area contributed by atoms with Gasteiger partial charge in [-0.05, 0) is 39.3 Å².